The van der Waals surface area contributed by atoms with Crippen molar-refractivity contribution in [3.8, 4) is 0 Å². The molecule has 0 fully saturated rings. The second-order valence-electron chi connectivity index (χ2n) is 6.38. The standard InChI is InChI=1S/C14H23NS.C2H6/c1-9(2)13-15-11-7-6-10(14(3,4)5)8-12(11)16-13;1-2/h9-10H,6-8H2,1-5H3;1-2H3. The molecule has 1 nitrogen and oxygen atoms in total. The Morgan fingerprint density at radius 2 is 1.83 bits per heavy atom. The fourth-order valence-electron chi connectivity index (χ4n) is 2.38. The molecule has 2 heteroatoms. The first kappa shape index (κ1) is 15.7. The molecule has 1 unspecified atom stereocenters. The lowest BCUT2D eigenvalue weighted by Crippen LogP contribution is -2.26. The number of thiazole rings is 1. The molecule has 0 radical (unpaired) electrons. The van der Waals surface area contributed by atoms with Crippen LogP contribution in [0.2, 0.25) is 0 Å². The number of aromatic nitrogens is 1. The molecular formula is C16H29NS. The number of rotatable bonds is 1. The van der Waals surface area contributed by atoms with E-state index in [0.29, 0.717) is 11.3 Å². The summed E-state index contributed by atoms with van der Waals surface area (Å²) >= 11 is 1.95. The lowest BCUT2D eigenvalue weighted by atomic mass is 9.73. The van der Waals surface area contributed by atoms with Crippen LogP contribution in [-0.2, 0) is 12.8 Å². The molecule has 1 heterocycles. The van der Waals surface area contributed by atoms with Gasteiger partial charge in [0.05, 0.1) is 10.7 Å². The summed E-state index contributed by atoms with van der Waals surface area (Å²) in [5.41, 5.74) is 1.84. The van der Waals surface area contributed by atoms with Gasteiger partial charge in [0.2, 0.25) is 0 Å². The molecule has 1 aliphatic rings. The molecule has 0 amide bonds. The molecule has 0 N–H and O–H groups in total. The largest absolute Gasteiger partial charge is 0.246 e. The summed E-state index contributed by atoms with van der Waals surface area (Å²) < 4.78 is 0. The van der Waals surface area contributed by atoms with Gasteiger partial charge in [0.15, 0.2) is 0 Å². The Balaban J connectivity index is 0.000000771. The van der Waals surface area contributed by atoms with Crippen LogP contribution >= 0.6 is 11.3 Å². The van der Waals surface area contributed by atoms with Gasteiger partial charge in [0.1, 0.15) is 0 Å². The van der Waals surface area contributed by atoms with Crippen LogP contribution in [-0.4, -0.2) is 4.98 Å². The van der Waals surface area contributed by atoms with Crippen molar-refractivity contribution in [2.24, 2.45) is 11.3 Å². The summed E-state index contributed by atoms with van der Waals surface area (Å²) in [4.78, 5) is 6.35. The van der Waals surface area contributed by atoms with E-state index in [4.69, 9.17) is 4.98 Å². The normalized spacial score (nSPS) is 19.2. The van der Waals surface area contributed by atoms with Crippen LogP contribution in [0, 0.1) is 11.3 Å². The third-order valence-electron chi connectivity index (χ3n) is 3.67. The van der Waals surface area contributed by atoms with Crippen LogP contribution in [0.25, 0.3) is 0 Å². The molecule has 1 aliphatic carbocycles. The Hall–Kier alpha value is -0.370. The maximum absolute atomic E-state index is 4.79. The zero-order valence-corrected chi connectivity index (χ0v) is 13.9. The maximum atomic E-state index is 4.79. The smallest absolute Gasteiger partial charge is 0.0956 e. The molecule has 0 saturated heterocycles. The van der Waals surface area contributed by atoms with E-state index in [1.54, 1.807) is 4.88 Å². The first-order valence-electron chi connectivity index (χ1n) is 7.36. The highest BCUT2D eigenvalue weighted by Crippen LogP contribution is 2.39. The fourth-order valence-corrected chi connectivity index (χ4v) is 3.58. The minimum Gasteiger partial charge on any atom is -0.246 e. The fraction of sp³-hybridized carbons (Fsp3) is 0.812. The van der Waals surface area contributed by atoms with Gasteiger partial charge in [-0.15, -0.1) is 11.3 Å². The van der Waals surface area contributed by atoms with Crippen LogP contribution in [0.4, 0.5) is 0 Å². The molecule has 0 aliphatic heterocycles. The maximum Gasteiger partial charge on any atom is 0.0956 e. The van der Waals surface area contributed by atoms with Gasteiger partial charge in [0, 0.05) is 10.8 Å². The summed E-state index contributed by atoms with van der Waals surface area (Å²) in [6, 6.07) is 0. The zero-order chi connectivity index (χ0) is 13.9. The quantitative estimate of drug-likeness (QED) is 0.660. The van der Waals surface area contributed by atoms with E-state index in [1.807, 2.05) is 25.2 Å². The van der Waals surface area contributed by atoms with Crippen LogP contribution in [0.15, 0.2) is 0 Å². The van der Waals surface area contributed by atoms with E-state index in [-0.39, 0.29) is 0 Å². The first-order chi connectivity index (χ1) is 8.38. The number of nitrogens with zero attached hydrogens (tertiary/aromatic N) is 1. The Morgan fingerprint density at radius 3 is 2.33 bits per heavy atom. The summed E-state index contributed by atoms with van der Waals surface area (Å²) in [5.74, 6) is 1.42. The van der Waals surface area contributed by atoms with Crippen molar-refractivity contribution in [3.05, 3.63) is 15.6 Å². The van der Waals surface area contributed by atoms with Crippen LogP contribution in [0.3, 0.4) is 0 Å². The van der Waals surface area contributed by atoms with Crippen LogP contribution in [0.1, 0.15) is 76.4 Å². The second kappa shape index (κ2) is 6.18. The number of hydrogen-bond donors (Lipinski definition) is 0. The van der Waals surface area contributed by atoms with E-state index in [2.05, 4.69) is 34.6 Å². The molecule has 1 aromatic rings. The van der Waals surface area contributed by atoms with E-state index in [1.165, 1.54) is 30.0 Å². The van der Waals surface area contributed by atoms with Crippen molar-refractivity contribution < 1.29 is 0 Å². The van der Waals surface area contributed by atoms with Gasteiger partial charge >= 0.3 is 0 Å². The van der Waals surface area contributed by atoms with E-state index in [9.17, 15) is 0 Å². The molecule has 1 atom stereocenters. The van der Waals surface area contributed by atoms with Crippen molar-refractivity contribution in [2.75, 3.05) is 0 Å². The molecular weight excluding hydrogens is 238 g/mol. The Kier molecular flexibility index (Phi) is 5.39. The molecule has 1 aromatic heterocycles. The Morgan fingerprint density at radius 1 is 1.22 bits per heavy atom. The first-order valence-corrected chi connectivity index (χ1v) is 8.18. The van der Waals surface area contributed by atoms with Gasteiger partial charge in [-0.05, 0) is 30.6 Å². The summed E-state index contributed by atoms with van der Waals surface area (Å²) in [7, 11) is 0. The third-order valence-corrected chi connectivity index (χ3v) is 5.10. The van der Waals surface area contributed by atoms with Crippen molar-refractivity contribution in [1.82, 2.24) is 4.98 Å². The van der Waals surface area contributed by atoms with E-state index in [0.717, 1.165) is 5.92 Å². The highest BCUT2D eigenvalue weighted by molar-refractivity contribution is 7.11. The van der Waals surface area contributed by atoms with Crippen molar-refractivity contribution in [2.45, 2.75) is 73.6 Å². The van der Waals surface area contributed by atoms with Gasteiger partial charge in [-0.1, -0.05) is 48.5 Å². The predicted octanol–water partition coefficient (Wildman–Crippen LogP) is 5.44. The summed E-state index contributed by atoms with van der Waals surface area (Å²) in [6.07, 6.45) is 3.77. The molecule has 104 valence electrons. The van der Waals surface area contributed by atoms with Crippen LogP contribution in [0.5, 0.6) is 0 Å². The molecule has 18 heavy (non-hydrogen) atoms. The van der Waals surface area contributed by atoms with E-state index >= 15 is 0 Å². The van der Waals surface area contributed by atoms with Gasteiger partial charge in [-0.3, -0.25) is 0 Å². The topological polar surface area (TPSA) is 12.9 Å². The Labute approximate surface area is 117 Å². The minimum atomic E-state index is 0.444. The monoisotopic (exact) mass is 267 g/mol. The van der Waals surface area contributed by atoms with E-state index < -0.39 is 0 Å². The zero-order valence-electron chi connectivity index (χ0n) is 13.1. The highest BCUT2D eigenvalue weighted by atomic mass is 32.1. The third kappa shape index (κ3) is 3.57. The van der Waals surface area contributed by atoms with Gasteiger partial charge in [-0.25, -0.2) is 4.98 Å². The van der Waals surface area contributed by atoms with Crippen molar-refractivity contribution in [3.63, 3.8) is 0 Å². The van der Waals surface area contributed by atoms with Crippen LogP contribution < -0.4 is 0 Å². The highest BCUT2D eigenvalue weighted by Gasteiger charge is 2.30. The van der Waals surface area contributed by atoms with Gasteiger partial charge in [-0.2, -0.15) is 0 Å². The summed E-state index contributed by atoms with van der Waals surface area (Å²) in [5, 5.41) is 1.33. The minimum absolute atomic E-state index is 0.444. The predicted molar refractivity (Wildman–Crippen MR) is 82.5 cm³/mol. The molecule has 0 aromatic carbocycles. The van der Waals surface area contributed by atoms with Gasteiger partial charge in [0.25, 0.3) is 0 Å². The van der Waals surface area contributed by atoms with Gasteiger partial charge < -0.3 is 0 Å². The molecule has 2 rings (SSSR count). The average Bonchev–Trinajstić information content (AvgIpc) is 2.73. The second-order valence-corrected chi connectivity index (χ2v) is 7.50. The average molecular weight is 267 g/mol. The number of hydrogen-bond acceptors (Lipinski definition) is 2. The lowest BCUT2D eigenvalue weighted by molar-refractivity contribution is 0.217. The van der Waals surface area contributed by atoms with Crippen molar-refractivity contribution in [1.29, 1.82) is 0 Å². The Bertz CT molecular complexity index is 371. The summed E-state index contributed by atoms with van der Waals surface area (Å²) in [6.45, 7) is 15.6. The lowest BCUT2D eigenvalue weighted by Gasteiger charge is -2.33. The number of fused-ring (bicyclic) bond motifs is 1. The molecule has 0 saturated carbocycles. The number of aryl methyl sites for hydroxylation is 1. The van der Waals surface area contributed by atoms with Crippen molar-refractivity contribution >= 4 is 11.3 Å². The SMILES string of the molecule is CC.CC(C)c1nc2c(s1)CC(C(C)(C)C)CC2. The molecule has 0 spiro atoms. The molecule has 0 bridgehead atoms.